The fraction of sp³-hybridized carbons (Fsp3) is 0.100. The van der Waals surface area contributed by atoms with Crippen LogP contribution in [0.1, 0.15) is 0 Å². The molecule has 0 radical (unpaired) electrons. The number of hydrogen-bond acceptors (Lipinski definition) is 2. The second kappa shape index (κ2) is 5.50. The quantitative estimate of drug-likeness (QED) is 0.859. The zero-order valence-corrected chi connectivity index (χ0v) is 9.20. The van der Waals surface area contributed by atoms with Gasteiger partial charge in [-0.05, 0) is 18.2 Å². The Morgan fingerprint density at radius 2 is 2.27 bits per heavy atom. The Morgan fingerprint density at radius 1 is 1.53 bits per heavy atom. The van der Waals surface area contributed by atoms with Crippen molar-refractivity contribution in [2.45, 2.75) is 0 Å². The largest absolute Gasteiger partial charge is 0.489 e. The van der Waals surface area contributed by atoms with Crippen molar-refractivity contribution in [1.29, 1.82) is 0 Å². The molecule has 0 bridgehead atoms. The number of carbonyl (C=O) groups is 1. The smallest absolute Gasteiger partial charge is 0.328 e. The summed E-state index contributed by atoms with van der Waals surface area (Å²) in [7, 11) is 0. The normalized spacial score (nSPS) is 10.5. The topological polar surface area (TPSA) is 46.5 Å². The van der Waals surface area contributed by atoms with Crippen LogP contribution in [-0.2, 0) is 4.79 Å². The molecule has 1 rings (SSSR count). The third kappa shape index (κ3) is 4.60. The number of carboxylic acid groups (broad SMARTS) is 1. The third-order valence-corrected chi connectivity index (χ3v) is 1.90. The van der Waals surface area contributed by atoms with E-state index in [-0.39, 0.29) is 6.61 Å². The fourth-order valence-corrected chi connectivity index (χ4v) is 1.35. The molecule has 0 aliphatic rings. The van der Waals surface area contributed by atoms with E-state index in [1.54, 1.807) is 6.07 Å². The van der Waals surface area contributed by atoms with E-state index >= 15 is 0 Å². The predicted molar refractivity (Wildman–Crippen MR) is 56.4 cm³/mol. The molecule has 0 saturated heterocycles. The molecule has 0 aliphatic heterocycles. The molecule has 0 atom stereocenters. The average molecular weight is 275 g/mol. The second-order valence-electron chi connectivity index (χ2n) is 2.66. The second-order valence-corrected chi connectivity index (χ2v) is 3.57. The van der Waals surface area contributed by atoms with Gasteiger partial charge in [0.05, 0.1) is 0 Å². The molecule has 0 heterocycles. The van der Waals surface area contributed by atoms with Gasteiger partial charge >= 0.3 is 5.97 Å². The van der Waals surface area contributed by atoms with Crippen molar-refractivity contribution in [2.75, 3.05) is 6.61 Å². The van der Waals surface area contributed by atoms with Gasteiger partial charge in [0.1, 0.15) is 18.2 Å². The number of benzene rings is 1. The van der Waals surface area contributed by atoms with Gasteiger partial charge in [-0.25, -0.2) is 9.18 Å². The Bertz CT molecular complexity index is 370. The van der Waals surface area contributed by atoms with Crippen LogP contribution in [0.4, 0.5) is 4.39 Å². The van der Waals surface area contributed by atoms with Crippen molar-refractivity contribution in [3.63, 3.8) is 0 Å². The fourth-order valence-electron chi connectivity index (χ4n) is 0.905. The van der Waals surface area contributed by atoms with Crippen molar-refractivity contribution in [1.82, 2.24) is 0 Å². The van der Waals surface area contributed by atoms with E-state index in [1.807, 2.05) is 0 Å². The molecule has 0 spiro atoms. The molecule has 0 aliphatic carbocycles. The van der Waals surface area contributed by atoms with Gasteiger partial charge in [-0.1, -0.05) is 15.9 Å². The monoisotopic (exact) mass is 274 g/mol. The molecule has 0 saturated carbocycles. The third-order valence-electron chi connectivity index (χ3n) is 1.44. The molecule has 1 N–H and O–H groups in total. The Labute approximate surface area is 94.3 Å². The van der Waals surface area contributed by atoms with Crippen LogP contribution in [0.25, 0.3) is 0 Å². The van der Waals surface area contributed by atoms with E-state index in [0.717, 1.165) is 6.08 Å². The predicted octanol–water partition coefficient (Wildman–Crippen LogP) is 2.61. The molecule has 3 nitrogen and oxygen atoms in total. The maximum atomic E-state index is 12.8. The summed E-state index contributed by atoms with van der Waals surface area (Å²) in [5.74, 6) is -1.11. The minimum Gasteiger partial charge on any atom is -0.489 e. The van der Waals surface area contributed by atoms with Gasteiger partial charge in [0.2, 0.25) is 0 Å². The Balaban J connectivity index is 2.54. The van der Waals surface area contributed by atoms with Crippen molar-refractivity contribution in [3.05, 3.63) is 40.6 Å². The van der Waals surface area contributed by atoms with Crippen LogP contribution in [0.15, 0.2) is 34.8 Å². The highest BCUT2D eigenvalue weighted by Gasteiger charge is 1.98. The summed E-state index contributed by atoms with van der Waals surface area (Å²) in [5, 5.41) is 8.29. The van der Waals surface area contributed by atoms with Crippen LogP contribution in [0, 0.1) is 5.82 Å². The highest BCUT2D eigenvalue weighted by atomic mass is 79.9. The van der Waals surface area contributed by atoms with Crippen LogP contribution in [0.2, 0.25) is 0 Å². The van der Waals surface area contributed by atoms with Crippen molar-refractivity contribution < 1.29 is 19.0 Å². The Hall–Kier alpha value is -1.36. The average Bonchev–Trinajstić information content (AvgIpc) is 2.10. The highest BCUT2D eigenvalue weighted by molar-refractivity contribution is 9.10. The minimum absolute atomic E-state index is 0.0855. The molecule has 1 aromatic carbocycles. The SMILES string of the molecule is O=C(O)/C=C/COc1cc(F)cc(Br)c1. The maximum Gasteiger partial charge on any atom is 0.328 e. The highest BCUT2D eigenvalue weighted by Crippen LogP contribution is 2.20. The van der Waals surface area contributed by atoms with Gasteiger partial charge in [0.25, 0.3) is 0 Å². The van der Waals surface area contributed by atoms with Gasteiger partial charge in [-0.15, -0.1) is 0 Å². The van der Waals surface area contributed by atoms with Crippen molar-refractivity contribution in [2.24, 2.45) is 0 Å². The number of aliphatic carboxylic acids is 1. The summed E-state index contributed by atoms with van der Waals surface area (Å²) in [5.41, 5.74) is 0. The molecule has 0 amide bonds. The lowest BCUT2D eigenvalue weighted by Gasteiger charge is -2.03. The van der Waals surface area contributed by atoms with E-state index in [0.29, 0.717) is 10.2 Å². The molecule has 0 fully saturated rings. The first kappa shape index (κ1) is 11.7. The molecule has 0 aromatic heterocycles. The van der Waals surface area contributed by atoms with E-state index in [9.17, 15) is 9.18 Å². The molecular weight excluding hydrogens is 267 g/mol. The zero-order chi connectivity index (χ0) is 11.3. The first-order valence-corrected chi connectivity index (χ1v) is 4.85. The molecular formula is C10H8BrFO3. The number of ether oxygens (including phenoxy) is 1. The summed E-state index contributed by atoms with van der Waals surface area (Å²) in [6.07, 6.45) is 2.30. The minimum atomic E-state index is -1.04. The van der Waals surface area contributed by atoms with Crippen molar-refractivity contribution >= 4 is 21.9 Å². The lowest BCUT2D eigenvalue weighted by Crippen LogP contribution is -1.96. The van der Waals surface area contributed by atoms with Crippen LogP contribution in [-0.4, -0.2) is 17.7 Å². The number of hydrogen-bond donors (Lipinski definition) is 1. The Kier molecular flexibility index (Phi) is 4.30. The zero-order valence-electron chi connectivity index (χ0n) is 7.61. The molecule has 80 valence electrons. The summed E-state index contributed by atoms with van der Waals surface area (Å²) in [6, 6.07) is 4.12. The van der Waals surface area contributed by atoms with Gasteiger partial charge in [-0.2, -0.15) is 0 Å². The van der Waals surface area contributed by atoms with Crippen LogP contribution >= 0.6 is 15.9 Å². The molecule has 1 aromatic rings. The van der Waals surface area contributed by atoms with Crippen molar-refractivity contribution in [3.8, 4) is 5.75 Å². The molecule has 15 heavy (non-hydrogen) atoms. The van der Waals surface area contributed by atoms with Gasteiger partial charge in [-0.3, -0.25) is 0 Å². The lowest BCUT2D eigenvalue weighted by molar-refractivity contribution is -0.131. The summed E-state index contributed by atoms with van der Waals surface area (Å²) in [6.45, 7) is 0.0855. The van der Waals surface area contributed by atoms with Gasteiger partial charge in [0.15, 0.2) is 0 Å². The first-order chi connectivity index (χ1) is 7.08. The van der Waals surface area contributed by atoms with E-state index in [2.05, 4.69) is 15.9 Å². The maximum absolute atomic E-state index is 12.8. The lowest BCUT2D eigenvalue weighted by atomic mass is 10.3. The van der Waals surface area contributed by atoms with Gasteiger partial charge in [0, 0.05) is 16.6 Å². The summed E-state index contributed by atoms with van der Waals surface area (Å²) < 4.78 is 18.5. The molecule has 0 unspecified atom stereocenters. The van der Waals surface area contributed by atoms with Crippen LogP contribution < -0.4 is 4.74 Å². The van der Waals surface area contributed by atoms with Crippen LogP contribution in [0.3, 0.4) is 0 Å². The first-order valence-electron chi connectivity index (χ1n) is 4.06. The Morgan fingerprint density at radius 3 is 2.87 bits per heavy atom. The summed E-state index contributed by atoms with van der Waals surface area (Å²) in [4.78, 5) is 10.1. The van der Waals surface area contributed by atoms with Crippen LogP contribution in [0.5, 0.6) is 5.75 Å². The summed E-state index contributed by atoms with van der Waals surface area (Å²) >= 11 is 3.11. The van der Waals surface area contributed by atoms with E-state index in [4.69, 9.17) is 9.84 Å². The van der Waals surface area contributed by atoms with Gasteiger partial charge < -0.3 is 9.84 Å². The number of carboxylic acids is 1. The van der Waals surface area contributed by atoms with E-state index < -0.39 is 11.8 Å². The number of halogens is 2. The number of rotatable bonds is 4. The van der Waals surface area contributed by atoms with E-state index in [1.165, 1.54) is 18.2 Å². The standard InChI is InChI=1S/C10H8BrFO3/c11-7-4-8(12)6-9(5-7)15-3-1-2-10(13)14/h1-2,4-6H,3H2,(H,13,14)/b2-1+. The molecule has 5 heteroatoms.